The minimum Gasteiger partial charge on any atom is -0.619 e. The van der Waals surface area contributed by atoms with E-state index in [0.717, 1.165) is 42.5 Å². The van der Waals surface area contributed by atoms with E-state index in [4.69, 9.17) is 0 Å². The van der Waals surface area contributed by atoms with Crippen LogP contribution in [0.5, 0.6) is 0 Å². The molecule has 6 rings (SSSR count). The summed E-state index contributed by atoms with van der Waals surface area (Å²) in [5.41, 5.74) is 3.41. The summed E-state index contributed by atoms with van der Waals surface area (Å²) >= 11 is 0. The van der Waals surface area contributed by atoms with Gasteiger partial charge in [0.2, 0.25) is 12.0 Å². The molecule has 0 spiro atoms. The molecule has 2 fully saturated rings. The number of benzene rings is 1. The molecule has 2 heterocycles. The van der Waals surface area contributed by atoms with Crippen LogP contribution in [0.25, 0.3) is 5.82 Å². The third-order valence-corrected chi connectivity index (χ3v) is 6.29. The van der Waals surface area contributed by atoms with E-state index in [2.05, 4.69) is 27.5 Å². The second-order valence-electron chi connectivity index (χ2n) is 8.11. The van der Waals surface area contributed by atoms with E-state index >= 15 is 0 Å². The van der Waals surface area contributed by atoms with Gasteiger partial charge in [0, 0.05) is 11.5 Å². The minimum atomic E-state index is -0.278. The predicted octanol–water partition coefficient (Wildman–Crippen LogP) is 1.98. The number of nitrogens with zero attached hydrogens (tertiary/aromatic N) is 4. The summed E-state index contributed by atoms with van der Waals surface area (Å²) in [6.45, 7) is 0. The number of carbonyl (C=O) groups is 1. The van der Waals surface area contributed by atoms with Gasteiger partial charge >= 0.3 is 0 Å². The van der Waals surface area contributed by atoms with Crippen LogP contribution in [0.4, 0.5) is 0 Å². The Morgan fingerprint density at radius 3 is 2.86 bits per heavy atom. The lowest BCUT2D eigenvalue weighted by atomic mass is 10.0. The summed E-state index contributed by atoms with van der Waals surface area (Å²) < 4.78 is 2.42. The van der Waals surface area contributed by atoms with Gasteiger partial charge in [-0.2, -0.15) is 9.83 Å². The first-order valence-corrected chi connectivity index (χ1v) is 9.70. The average Bonchev–Trinajstić information content (AvgIpc) is 3.59. The molecule has 1 aromatic carbocycles. The molecule has 1 N–H and O–H groups in total. The van der Waals surface area contributed by atoms with Gasteiger partial charge in [-0.15, -0.1) is 0 Å². The standard InChI is InChI=1S/C21H19N5O2/c27-20(23-21(6-7-21)14-4-2-1-3-5-14)18-16-11-13-10-15(13)19(16)26(24-18)17-12-25(28)9-8-22-17/h1-5,8-9,12-13,15H,6-7,10-11H2,(H,23,27)/t13-,15-/m1/s1. The topological polar surface area (TPSA) is 86.8 Å². The predicted molar refractivity (Wildman–Crippen MR) is 99.7 cm³/mol. The van der Waals surface area contributed by atoms with Gasteiger partial charge in [0.1, 0.15) is 0 Å². The molecule has 0 saturated heterocycles. The Morgan fingerprint density at radius 2 is 2.11 bits per heavy atom. The zero-order valence-electron chi connectivity index (χ0n) is 15.2. The second kappa shape index (κ2) is 5.41. The number of rotatable bonds is 4. The van der Waals surface area contributed by atoms with E-state index < -0.39 is 0 Å². The molecule has 0 aliphatic heterocycles. The number of carbonyl (C=O) groups excluding carboxylic acids is 1. The molecule has 1 amide bonds. The Bertz CT molecular complexity index is 1100. The molecule has 2 saturated carbocycles. The molecule has 3 aliphatic rings. The molecule has 0 unspecified atom stereocenters. The number of amides is 1. The van der Waals surface area contributed by atoms with E-state index in [-0.39, 0.29) is 11.4 Å². The van der Waals surface area contributed by atoms with Crippen molar-refractivity contribution in [2.24, 2.45) is 5.92 Å². The van der Waals surface area contributed by atoms with Crippen molar-refractivity contribution in [3.05, 3.63) is 76.6 Å². The fourth-order valence-corrected chi connectivity index (χ4v) is 4.59. The van der Waals surface area contributed by atoms with Crippen LogP contribution in [0.2, 0.25) is 0 Å². The highest BCUT2D eigenvalue weighted by atomic mass is 16.5. The van der Waals surface area contributed by atoms with Crippen molar-refractivity contribution in [1.29, 1.82) is 0 Å². The van der Waals surface area contributed by atoms with Crippen molar-refractivity contribution in [2.75, 3.05) is 0 Å². The van der Waals surface area contributed by atoms with E-state index in [1.807, 2.05) is 18.2 Å². The smallest absolute Gasteiger partial charge is 0.272 e. The minimum absolute atomic E-state index is 0.136. The Balaban J connectivity index is 1.38. The van der Waals surface area contributed by atoms with Crippen molar-refractivity contribution < 1.29 is 9.52 Å². The monoisotopic (exact) mass is 373 g/mol. The van der Waals surface area contributed by atoms with E-state index in [1.165, 1.54) is 18.6 Å². The van der Waals surface area contributed by atoms with Gasteiger partial charge in [0.05, 0.1) is 17.4 Å². The van der Waals surface area contributed by atoms with Crippen LogP contribution in [0, 0.1) is 11.1 Å². The van der Waals surface area contributed by atoms with Crippen LogP contribution in [0.3, 0.4) is 0 Å². The molecule has 3 aliphatic carbocycles. The zero-order valence-corrected chi connectivity index (χ0v) is 15.2. The Labute approximate surface area is 161 Å². The van der Waals surface area contributed by atoms with Crippen molar-refractivity contribution >= 4 is 5.91 Å². The molecule has 140 valence electrons. The fraction of sp³-hybridized carbons (Fsp3) is 0.333. The van der Waals surface area contributed by atoms with Crippen LogP contribution in [-0.4, -0.2) is 20.7 Å². The molecular weight excluding hydrogens is 354 g/mol. The number of aromatic nitrogens is 4. The first kappa shape index (κ1) is 15.8. The van der Waals surface area contributed by atoms with Gasteiger partial charge in [-0.25, -0.2) is 9.67 Å². The Hall–Kier alpha value is -3.22. The third kappa shape index (κ3) is 2.28. The largest absolute Gasteiger partial charge is 0.619 e. The Morgan fingerprint density at radius 1 is 1.29 bits per heavy atom. The van der Waals surface area contributed by atoms with Gasteiger partial charge in [-0.1, -0.05) is 30.3 Å². The van der Waals surface area contributed by atoms with Crippen LogP contribution < -0.4 is 10.0 Å². The first-order chi connectivity index (χ1) is 13.6. The number of nitrogens with one attached hydrogen (secondary N) is 1. The van der Waals surface area contributed by atoms with Crippen molar-refractivity contribution in [1.82, 2.24) is 20.1 Å². The molecule has 7 heteroatoms. The van der Waals surface area contributed by atoms with Crippen LogP contribution >= 0.6 is 0 Å². The first-order valence-electron chi connectivity index (χ1n) is 9.70. The zero-order chi connectivity index (χ0) is 18.9. The maximum atomic E-state index is 13.2. The highest BCUT2D eigenvalue weighted by Gasteiger charge is 2.52. The maximum Gasteiger partial charge on any atom is 0.272 e. The Kier molecular flexibility index (Phi) is 3.05. The highest BCUT2D eigenvalue weighted by Crippen LogP contribution is 2.57. The van der Waals surface area contributed by atoms with Crippen molar-refractivity contribution in [2.45, 2.75) is 37.1 Å². The quantitative estimate of drug-likeness (QED) is 0.560. The van der Waals surface area contributed by atoms with Gasteiger partial charge < -0.3 is 10.5 Å². The number of hydrogen-bond acceptors (Lipinski definition) is 4. The van der Waals surface area contributed by atoms with Crippen molar-refractivity contribution in [3.8, 4) is 5.82 Å². The van der Waals surface area contributed by atoms with Gasteiger partial charge in [0.15, 0.2) is 11.9 Å². The fourth-order valence-electron chi connectivity index (χ4n) is 4.59. The average molecular weight is 373 g/mol. The summed E-state index contributed by atoms with van der Waals surface area (Å²) in [5.74, 6) is 1.35. The third-order valence-electron chi connectivity index (χ3n) is 6.29. The molecule has 2 aromatic heterocycles. The second-order valence-corrected chi connectivity index (χ2v) is 8.11. The lowest BCUT2D eigenvalue weighted by Gasteiger charge is -2.17. The normalized spacial score (nSPS) is 23.0. The maximum absolute atomic E-state index is 13.2. The van der Waals surface area contributed by atoms with Crippen molar-refractivity contribution in [3.63, 3.8) is 0 Å². The van der Waals surface area contributed by atoms with E-state index in [9.17, 15) is 10.0 Å². The highest BCUT2D eigenvalue weighted by molar-refractivity contribution is 5.95. The summed E-state index contributed by atoms with van der Waals surface area (Å²) in [7, 11) is 0. The number of fused-ring (bicyclic) bond motifs is 3. The molecule has 2 atom stereocenters. The molecular formula is C21H19N5O2. The van der Waals surface area contributed by atoms with Crippen LogP contribution in [0.1, 0.15) is 52.5 Å². The summed E-state index contributed by atoms with van der Waals surface area (Å²) in [6.07, 6.45) is 8.09. The SMILES string of the molecule is O=C(NC1(c2ccccc2)CC1)c1nn(-c2c[n+]([O-])ccn2)c2c1C[C@H]1C[C@@H]21. The molecule has 0 radical (unpaired) electrons. The van der Waals surface area contributed by atoms with E-state index in [1.54, 1.807) is 4.68 Å². The lowest BCUT2D eigenvalue weighted by molar-refractivity contribution is -0.605. The van der Waals surface area contributed by atoms with Crippen LogP contribution in [-0.2, 0) is 12.0 Å². The van der Waals surface area contributed by atoms with Gasteiger partial charge in [0.25, 0.3) is 5.91 Å². The molecule has 28 heavy (non-hydrogen) atoms. The van der Waals surface area contributed by atoms with Gasteiger partial charge in [-0.05, 0) is 37.2 Å². The lowest BCUT2D eigenvalue weighted by Crippen LogP contribution is -2.35. The summed E-state index contributed by atoms with van der Waals surface area (Å²) in [5, 5.41) is 19.6. The van der Waals surface area contributed by atoms with Crippen LogP contribution in [0.15, 0.2) is 48.9 Å². The van der Waals surface area contributed by atoms with E-state index in [0.29, 0.717) is 28.1 Å². The summed E-state index contributed by atoms with van der Waals surface area (Å²) in [6, 6.07) is 10.1. The molecule has 7 nitrogen and oxygen atoms in total. The molecule has 3 aromatic rings. The number of hydrogen-bond donors (Lipinski definition) is 1. The molecule has 0 bridgehead atoms. The summed E-state index contributed by atoms with van der Waals surface area (Å²) in [4.78, 5) is 17.5. The van der Waals surface area contributed by atoms with Gasteiger partial charge in [-0.3, -0.25) is 4.79 Å².